The number of nitrogens with one attached hydrogen (secondary N) is 1. The van der Waals surface area contributed by atoms with E-state index in [2.05, 4.69) is 0 Å². The number of hydrogen-bond acceptors (Lipinski definition) is 3. The summed E-state index contributed by atoms with van der Waals surface area (Å²) < 4.78 is 0. The number of Topliss-reactive ketones (excluding diaryl/α,β-unsaturated/α-hetero) is 1. The Labute approximate surface area is 70.2 Å². The van der Waals surface area contributed by atoms with Crippen molar-refractivity contribution in [3.8, 4) is 0 Å². The van der Waals surface area contributed by atoms with E-state index in [4.69, 9.17) is 22.1 Å². The van der Waals surface area contributed by atoms with Gasteiger partial charge >= 0.3 is 0 Å². The van der Waals surface area contributed by atoms with E-state index in [-0.39, 0.29) is 28.7 Å². The molecule has 0 aromatic heterocycles. The predicted octanol–water partition coefficient (Wildman–Crippen LogP) is 1.67. The molecule has 11 heavy (non-hydrogen) atoms. The van der Waals surface area contributed by atoms with Crippen LogP contribution >= 0.6 is 11.6 Å². The van der Waals surface area contributed by atoms with Gasteiger partial charge in [0.25, 0.3) is 0 Å². The van der Waals surface area contributed by atoms with E-state index in [0.29, 0.717) is 0 Å². The van der Waals surface area contributed by atoms with Crippen LogP contribution in [0.3, 0.4) is 0 Å². The van der Waals surface area contributed by atoms with E-state index in [9.17, 15) is 4.79 Å². The fraction of sp³-hybridized carbons (Fsp3) is 0.429. The van der Waals surface area contributed by atoms with E-state index < -0.39 is 0 Å². The Morgan fingerprint density at radius 2 is 2.00 bits per heavy atom. The molecule has 0 fully saturated rings. The number of carbonyl (C=O) groups excluding carboxylic acids is 1. The number of aliphatic hydroxyl groups excluding tert-OH is 1. The van der Waals surface area contributed by atoms with Crippen molar-refractivity contribution in [2.75, 3.05) is 5.88 Å². The van der Waals surface area contributed by atoms with E-state index in [1.165, 1.54) is 13.8 Å². The SMILES string of the molecule is CC(=N)/C(C(C)=O)=C(\O)CCl. The van der Waals surface area contributed by atoms with Crippen molar-refractivity contribution < 1.29 is 9.90 Å². The topological polar surface area (TPSA) is 61.2 Å². The Kier molecular flexibility index (Phi) is 3.82. The molecule has 4 heteroatoms. The second-order valence-electron chi connectivity index (χ2n) is 2.14. The minimum absolute atomic E-state index is 0.0139. The monoisotopic (exact) mass is 175 g/mol. The molecule has 0 aliphatic rings. The molecule has 3 nitrogen and oxygen atoms in total. The largest absolute Gasteiger partial charge is 0.510 e. The average molecular weight is 176 g/mol. The van der Waals surface area contributed by atoms with Crippen LogP contribution in [-0.2, 0) is 4.79 Å². The number of hydrogen-bond donors (Lipinski definition) is 2. The summed E-state index contributed by atoms with van der Waals surface area (Å²) in [5.74, 6) is -0.701. The molecule has 0 amide bonds. The van der Waals surface area contributed by atoms with Gasteiger partial charge in [0, 0.05) is 5.71 Å². The van der Waals surface area contributed by atoms with Crippen LogP contribution in [0, 0.1) is 5.41 Å². The van der Waals surface area contributed by atoms with Gasteiger partial charge in [-0.25, -0.2) is 0 Å². The third-order valence-electron chi connectivity index (χ3n) is 1.14. The highest BCUT2D eigenvalue weighted by Gasteiger charge is 2.11. The normalized spacial score (nSPS) is 12.3. The number of allylic oxidation sites excluding steroid dienone is 2. The van der Waals surface area contributed by atoms with Crippen LogP contribution in [0.1, 0.15) is 13.8 Å². The van der Waals surface area contributed by atoms with Gasteiger partial charge in [-0.05, 0) is 13.8 Å². The van der Waals surface area contributed by atoms with Crippen LogP contribution in [0.25, 0.3) is 0 Å². The van der Waals surface area contributed by atoms with Crippen molar-refractivity contribution in [1.82, 2.24) is 0 Å². The van der Waals surface area contributed by atoms with Crippen molar-refractivity contribution in [2.45, 2.75) is 13.8 Å². The van der Waals surface area contributed by atoms with Gasteiger partial charge in [0.1, 0.15) is 5.76 Å². The lowest BCUT2D eigenvalue weighted by Crippen LogP contribution is -2.09. The van der Waals surface area contributed by atoms with E-state index in [0.717, 1.165) is 0 Å². The Morgan fingerprint density at radius 1 is 1.55 bits per heavy atom. The molecule has 0 heterocycles. The van der Waals surface area contributed by atoms with Gasteiger partial charge in [0.05, 0.1) is 11.5 Å². The third kappa shape index (κ3) is 2.72. The number of carbonyl (C=O) groups is 1. The molecule has 62 valence electrons. The molecule has 0 aliphatic heterocycles. The molecule has 0 aromatic rings. The zero-order chi connectivity index (χ0) is 9.02. The summed E-state index contributed by atoms with van der Waals surface area (Å²) in [5, 5.41) is 16.2. The van der Waals surface area contributed by atoms with Crippen molar-refractivity contribution in [2.24, 2.45) is 0 Å². The number of alkyl halides is 1. The highest BCUT2D eigenvalue weighted by molar-refractivity contribution is 6.23. The number of rotatable bonds is 3. The first kappa shape index (κ1) is 10.2. The van der Waals surface area contributed by atoms with Crippen molar-refractivity contribution in [1.29, 1.82) is 5.41 Å². The van der Waals surface area contributed by atoms with Gasteiger partial charge in [-0.1, -0.05) is 0 Å². The second-order valence-corrected chi connectivity index (χ2v) is 2.40. The third-order valence-corrected chi connectivity index (χ3v) is 1.40. The molecule has 0 saturated carbocycles. The number of halogens is 1. The summed E-state index contributed by atoms with van der Waals surface area (Å²) in [4.78, 5) is 10.8. The fourth-order valence-electron chi connectivity index (χ4n) is 0.750. The highest BCUT2D eigenvalue weighted by Crippen LogP contribution is 2.06. The highest BCUT2D eigenvalue weighted by atomic mass is 35.5. The first-order valence-corrected chi connectivity index (χ1v) is 3.58. The molecular weight excluding hydrogens is 166 g/mol. The minimum atomic E-state index is -0.337. The standard InChI is InChI=1S/C7H10ClNO2/c1-4(9)7(5(2)10)6(11)3-8/h9,11H,3H2,1-2H3/b7-6+,9-4?. The van der Waals surface area contributed by atoms with Gasteiger partial charge in [-0.15, -0.1) is 11.6 Å². The summed E-state index contributed by atoms with van der Waals surface area (Å²) in [6, 6.07) is 0. The molecule has 0 spiro atoms. The molecule has 0 aliphatic carbocycles. The van der Waals surface area contributed by atoms with E-state index in [1.807, 2.05) is 0 Å². The summed E-state index contributed by atoms with van der Waals surface area (Å²) in [6.45, 7) is 2.72. The summed E-state index contributed by atoms with van der Waals surface area (Å²) >= 11 is 5.28. The summed E-state index contributed by atoms with van der Waals surface area (Å²) in [7, 11) is 0. The Balaban J connectivity index is 4.88. The lowest BCUT2D eigenvalue weighted by atomic mass is 10.1. The van der Waals surface area contributed by atoms with Crippen molar-refractivity contribution in [3.05, 3.63) is 11.3 Å². The van der Waals surface area contributed by atoms with Crippen molar-refractivity contribution in [3.63, 3.8) is 0 Å². The molecule has 0 atom stereocenters. The molecule has 0 unspecified atom stereocenters. The maximum Gasteiger partial charge on any atom is 0.165 e. The Hall–Kier alpha value is -0.830. The van der Waals surface area contributed by atoms with Gasteiger partial charge < -0.3 is 10.5 Å². The quantitative estimate of drug-likeness (QED) is 0.297. The Bertz CT molecular complexity index is 204. The smallest absolute Gasteiger partial charge is 0.165 e. The fourth-order valence-corrected chi connectivity index (χ4v) is 0.884. The molecule has 2 N–H and O–H groups in total. The van der Waals surface area contributed by atoms with Gasteiger partial charge in [0.15, 0.2) is 5.78 Å². The molecular formula is C7H10ClNO2. The predicted molar refractivity (Wildman–Crippen MR) is 44.5 cm³/mol. The zero-order valence-electron chi connectivity index (χ0n) is 6.44. The number of ketones is 1. The molecule has 0 saturated heterocycles. The van der Waals surface area contributed by atoms with Crippen LogP contribution in [0.2, 0.25) is 0 Å². The zero-order valence-corrected chi connectivity index (χ0v) is 7.20. The average Bonchev–Trinajstić information content (AvgIpc) is 1.85. The van der Waals surface area contributed by atoms with Crippen LogP contribution in [0.4, 0.5) is 0 Å². The molecule has 0 radical (unpaired) electrons. The van der Waals surface area contributed by atoms with Gasteiger partial charge in [-0.3, -0.25) is 4.79 Å². The lowest BCUT2D eigenvalue weighted by Gasteiger charge is -2.02. The lowest BCUT2D eigenvalue weighted by molar-refractivity contribution is -0.113. The molecule has 0 rings (SSSR count). The van der Waals surface area contributed by atoms with Crippen LogP contribution in [-0.4, -0.2) is 22.5 Å². The maximum absolute atomic E-state index is 10.8. The minimum Gasteiger partial charge on any atom is -0.510 e. The van der Waals surface area contributed by atoms with Gasteiger partial charge in [-0.2, -0.15) is 0 Å². The summed E-state index contributed by atoms with van der Waals surface area (Å²) in [5.41, 5.74) is 0.0515. The first-order chi connectivity index (χ1) is 5.00. The van der Waals surface area contributed by atoms with E-state index in [1.54, 1.807) is 0 Å². The van der Waals surface area contributed by atoms with Crippen molar-refractivity contribution >= 4 is 23.1 Å². The second kappa shape index (κ2) is 4.13. The van der Waals surface area contributed by atoms with E-state index >= 15 is 0 Å². The first-order valence-electron chi connectivity index (χ1n) is 3.05. The number of aliphatic hydroxyl groups is 1. The summed E-state index contributed by atoms with van der Waals surface area (Å²) in [6.07, 6.45) is 0. The van der Waals surface area contributed by atoms with Crippen LogP contribution in [0.15, 0.2) is 11.3 Å². The molecule has 0 aromatic carbocycles. The maximum atomic E-state index is 10.8. The molecule has 0 bridgehead atoms. The van der Waals surface area contributed by atoms with Gasteiger partial charge in [0.2, 0.25) is 0 Å². The van der Waals surface area contributed by atoms with Crippen LogP contribution in [0.5, 0.6) is 0 Å². The van der Waals surface area contributed by atoms with Crippen LogP contribution < -0.4 is 0 Å². The Morgan fingerprint density at radius 3 is 2.09 bits per heavy atom.